The van der Waals surface area contributed by atoms with E-state index in [9.17, 15) is 14.7 Å². The predicted octanol–water partition coefficient (Wildman–Crippen LogP) is 7.61. The smallest absolute Gasteiger partial charge is 0.340 e. The Balaban J connectivity index is 1.10. The van der Waals surface area contributed by atoms with E-state index in [1.807, 2.05) is 92.9 Å². The average Bonchev–Trinajstić information content (AvgIpc) is 3.99. The lowest BCUT2D eigenvalue weighted by Gasteiger charge is -2.07. The quantitative estimate of drug-likeness (QED) is 0.0835. The number of aliphatic imine (C=N–C) groups is 2. The summed E-state index contributed by atoms with van der Waals surface area (Å²) in [7, 11) is 1.57. The van der Waals surface area contributed by atoms with Crippen LogP contribution in [-0.4, -0.2) is 55.5 Å². The van der Waals surface area contributed by atoms with Gasteiger partial charge >= 0.3 is 11.9 Å². The van der Waals surface area contributed by atoms with Gasteiger partial charge < -0.3 is 39.3 Å². The third-order valence-electron chi connectivity index (χ3n) is 9.17. The Labute approximate surface area is 305 Å². The van der Waals surface area contributed by atoms with Crippen molar-refractivity contribution in [3.63, 3.8) is 0 Å². The maximum Gasteiger partial charge on any atom is 0.340 e. The van der Waals surface area contributed by atoms with Crippen LogP contribution in [0, 0.1) is 27.7 Å². The molecule has 5 aromatic rings. The summed E-state index contributed by atoms with van der Waals surface area (Å²) in [6.45, 7) is 7.63. The Morgan fingerprint density at radius 2 is 1.38 bits per heavy atom. The number of benzene rings is 1. The van der Waals surface area contributed by atoms with Crippen molar-refractivity contribution in [1.82, 2.24) is 19.9 Å². The molecule has 268 valence electrons. The highest BCUT2D eigenvalue weighted by atomic mass is 16.5. The minimum atomic E-state index is -0.983. The van der Waals surface area contributed by atoms with E-state index in [4.69, 9.17) is 24.2 Å². The van der Waals surface area contributed by atoms with E-state index in [-0.39, 0.29) is 18.8 Å². The lowest BCUT2D eigenvalue weighted by Crippen LogP contribution is -2.07. The van der Waals surface area contributed by atoms with Crippen LogP contribution in [0.15, 0.2) is 106 Å². The van der Waals surface area contributed by atoms with E-state index in [1.54, 1.807) is 27.0 Å². The van der Waals surface area contributed by atoms with E-state index < -0.39 is 11.9 Å². The second-order valence-electron chi connectivity index (χ2n) is 12.7. The molecule has 2 aliphatic rings. The maximum atomic E-state index is 13.1. The fourth-order valence-corrected chi connectivity index (χ4v) is 6.44. The average molecular weight is 711 g/mol. The molecule has 0 saturated heterocycles. The molecule has 0 atom stereocenters. The van der Waals surface area contributed by atoms with E-state index in [0.717, 1.165) is 33.9 Å². The van der Waals surface area contributed by atoms with Crippen LogP contribution in [0.4, 0.5) is 0 Å². The summed E-state index contributed by atoms with van der Waals surface area (Å²) in [5, 5.41) is 9.60. The number of nitrogens with zero attached hydrogens (tertiary/aromatic N) is 2. The van der Waals surface area contributed by atoms with Crippen LogP contribution < -0.4 is 0 Å². The Morgan fingerprint density at radius 1 is 0.736 bits per heavy atom. The Kier molecular flexibility index (Phi) is 9.42. The Morgan fingerprint density at radius 3 is 2.02 bits per heavy atom. The number of carbonyl (C=O) groups excluding carboxylic acids is 1. The van der Waals surface area contributed by atoms with Gasteiger partial charge in [-0.3, -0.25) is 0 Å². The number of hydrogen-bond donors (Lipinski definition) is 5. The van der Waals surface area contributed by atoms with Crippen molar-refractivity contribution in [2.45, 2.75) is 40.9 Å². The second kappa shape index (κ2) is 14.4. The third-order valence-corrected chi connectivity index (χ3v) is 9.17. The highest BCUT2D eigenvalue weighted by molar-refractivity contribution is 6.12. The van der Waals surface area contributed by atoms with Gasteiger partial charge in [0.15, 0.2) is 0 Å². The lowest BCUT2D eigenvalue weighted by molar-refractivity contribution is 0.0471. The van der Waals surface area contributed by atoms with Gasteiger partial charge in [0.05, 0.1) is 46.7 Å². The Hall–Kier alpha value is -6.82. The molecule has 6 heterocycles. The van der Waals surface area contributed by atoms with Crippen molar-refractivity contribution >= 4 is 35.5 Å². The van der Waals surface area contributed by atoms with Gasteiger partial charge in [-0.25, -0.2) is 19.6 Å². The van der Waals surface area contributed by atoms with Gasteiger partial charge in [-0.1, -0.05) is 30.3 Å². The number of H-pyrrole nitrogens is 4. The van der Waals surface area contributed by atoms with Gasteiger partial charge in [0.25, 0.3) is 0 Å². The maximum absolute atomic E-state index is 13.1. The first-order valence-corrected chi connectivity index (χ1v) is 17.0. The first-order valence-electron chi connectivity index (χ1n) is 17.0. The molecular formula is C41H38N6O6. The van der Waals surface area contributed by atoms with Crippen molar-refractivity contribution in [2.24, 2.45) is 9.98 Å². The van der Waals surface area contributed by atoms with Crippen LogP contribution >= 0.6 is 0 Å². The number of aromatic carboxylic acids is 1. The standard InChI is InChI=1S/C41H38N6O6/c1-22-30(43-24(3)38(22)40(48)49)16-34-36(51-5)18-33(47-34)29-14-13-27(45-29)21-52-37-19-32(28-12-9-15-42-28)46-35(37)17-31-23(2)39(25(4)44-31)41(50)53-20-26-10-7-6-8-11-26/h6-19,42-45H,20-21H2,1-5H3,(H,48,49)/b34-16-,35-17-. The fourth-order valence-electron chi connectivity index (χ4n) is 6.44. The molecule has 0 saturated carbocycles. The SMILES string of the molecule is COC1=CC(c2ccc(COC3=CC(c4ccc[nH]4)=N/C3=C\c3[nH]c(C)c(C(=O)OCc4ccccc4)c3C)[nH]2)=N/C1=C\c1[nH]c(C)c(C(=O)O)c1C. The van der Waals surface area contributed by atoms with Gasteiger partial charge in [-0.05, 0) is 80.8 Å². The molecule has 12 heteroatoms. The molecule has 5 N–H and O–H groups in total. The summed E-state index contributed by atoms with van der Waals surface area (Å²) in [5.41, 5.74) is 10.6. The van der Waals surface area contributed by atoms with Crippen molar-refractivity contribution in [3.05, 3.63) is 164 Å². The van der Waals surface area contributed by atoms with Crippen LogP contribution in [0.25, 0.3) is 12.2 Å². The number of allylic oxidation sites excluding steroid dienone is 2. The van der Waals surface area contributed by atoms with Gasteiger partial charge in [0.2, 0.25) is 0 Å². The normalized spacial score (nSPS) is 15.4. The van der Waals surface area contributed by atoms with Crippen molar-refractivity contribution in [1.29, 1.82) is 0 Å². The minimum Gasteiger partial charge on any atom is -0.494 e. The van der Waals surface area contributed by atoms with Crippen LogP contribution in [0.1, 0.15) is 77.3 Å². The molecule has 0 fully saturated rings. The molecule has 2 aliphatic heterocycles. The van der Waals surface area contributed by atoms with Gasteiger partial charge in [-0.15, -0.1) is 0 Å². The van der Waals surface area contributed by atoms with Crippen LogP contribution in [0.5, 0.6) is 0 Å². The van der Waals surface area contributed by atoms with Crippen LogP contribution in [0.3, 0.4) is 0 Å². The predicted molar refractivity (Wildman–Crippen MR) is 202 cm³/mol. The fraction of sp³-hybridized carbons (Fsp3) is 0.171. The number of aromatic nitrogens is 4. The molecular weight excluding hydrogens is 672 g/mol. The second-order valence-corrected chi connectivity index (χ2v) is 12.7. The molecule has 0 spiro atoms. The number of carboxylic acids is 1. The molecule has 7 rings (SSSR count). The highest BCUT2D eigenvalue weighted by Gasteiger charge is 2.24. The molecule has 53 heavy (non-hydrogen) atoms. The number of carboxylic acid groups (broad SMARTS) is 1. The number of rotatable bonds is 12. The molecule has 1 aromatic carbocycles. The zero-order valence-corrected chi connectivity index (χ0v) is 29.9. The largest absolute Gasteiger partial charge is 0.494 e. The summed E-state index contributed by atoms with van der Waals surface area (Å²) in [4.78, 5) is 47.6. The van der Waals surface area contributed by atoms with Gasteiger partial charge in [-0.2, -0.15) is 0 Å². The van der Waals surface area contributed by atoms with E-state index in [2.05, 4.69) is 19.9 Å². The number of aromatic amines is 4. The monoisotopic (exact) mass is 710 g/mol. The zero-order chi connectivity index (χ0) is 37.2. The zero-order valence-electron chi connectivity index (χ0n) is 29.9. The number of hydrogen-bond acceptors (Lipinski definition) is 7. The molecule has 0 aliphatic carbocycles. The first-order chi connectivity index (χ1) is 25.6. The summed E-state index contributed by atoms with van der Waals surface area (Å²) >= 11 is 0. The molecule has 12 nitrogen and oxygen atoms in total. The molecule has 0 radical (unpaired) electrons. The van der Waals surface area contributed by atoms with Crippen molar-refractivity contribution < 1.29 is 28.9 Å². The minimum absolute atomic E-state index is 0.183. The Bertz CT molecular complexity index is 2410. The lowest BCUT2D eigenvalue weighted by atomic mass is 10.1. The number of aryl methyl sites for hydroxylation is 2. The topological polar surface area (TPSA) is 170 Å². The van der Waals surface area contributed by atoms with Crippen LogP contribution in [-0.2, 0) is 27.4 Å². The van der Waals surface area contributed by atoms with Gasteiger partial charge in [0.1, 0.15) is 36.1 Å². The highest BCUT2D eigenvalue weighted by Crippen LogP contribution is 2.30. The van der Waals surface area contributed by atoms with E-state index in [0.29, 0.717) is 62.5 Å². The summed E-state index contributed by atoms with van der Waals surface area (Å²) in [5.74, 6) is -0.264. The van der Waals surface area contributed by atoms with Gasteiger partial charge in [0, 0.05) is 41.1 Å². The summed E-state index contributed by atoms with van der Waals surface area (Å²) in [6.07, 6.45) is 9.21. The van der Waals surface area contributed by atoms with E-state index >= 15 is 0 Å². The molecule has 0 unspecified atom stereocenters. The number of esters is 1. The number of nitrogens with one attached hydrogen (secondary N) is 4. The first kappa shape index (κ1) is 34.6. The van der Waals surface area contributed by atoms with Crippen LogP contribution in [0.2, 0.25) is 0 Å². The number of methoxy groups -OCH3 is 1. The van der Waals surface area contributed by atoms with Crippen molar-refractivity contribution in [2.75, 3.05) is 7.11 Å². The number of carbonyl (C=O) groups is 2. The molecule has 0 bridgehead atoms. The summed E-state index contributed by atoms with van der Waals surface area (Å²) in [6, 6.07) is 17.3. The van der Waals surface area contributed by atoms with E-state index in [1.165, 1.54) is 0 Å². The molecule has 4 aromatic heterocycles. The van der Waals surface area contributed by atoms with Crippen molar-refractivity contribution in [3.8, 4) is 0 Å². The third kappa shape index (κ3) is 7.07. The number of ether oxygens (including phenoxy) is 3. The molecule has 0 amide bonds. The summed E-state index contributed by atoms with van der Waals surface area (Å²) < 4.78 is 17.6.